The number of hydrogen-bond donors (Lipinski definition) is 3. The first-order valence-electron chi connectivity index (χ1n) is 11.6. The van der Waals surface area contributed by atoms with Crippen molar-refractivity contribution in [1.82, 2.24) is 0 Å². The zero-order valence-electron chi connectivity index (χ0n) is 20.9. The number of carbonyl (C=O) groups is 2. The Bertz CT molecular complexity index is 1690. The van der Waals surface area contributed by atoms with E-state index in [9.17, 15) is 29.7 Å². The summed E-state index contributed by atoms with van der Waals surface area (Å²) in [7, 11) is 2.75. The van der Waals surface area contributed by atoms with Gasteiger partial charge in [0.1, 0.15) is 28.2 Å². The van der Waals surface area contributed by atoms with Crippen molar-refractivity contribution in [3.8, 4) is 51.6 Å². The number of aromatic hydroxyl groups is 3. The van der Waals surface area contributed by atoms with E-state index in [1.165, 1.54) is 45.4 Å². The molecule has 0 saturated heterocycles. The van der Waals surface area contributed by atoms with Crippen molar-refractivity contribution in [3.05, 3.63) is 63.8 Å². The molecule has 1 aliphatic rings. The number of rotatable bonds is 5. The molecule has 39 heavy (non-hydrogen) atoms. The van der Waals surface area contributed by atoms with Crippen LogP contribution in [0.5, 0.6) is 40.2 Å². The molecule has 0 fully saturated rings. The lowest BCUT2D eigenvalue weighted by molar-refractivity contribution is -0.135. The van der Waals surface area contributed by atoms with Gasteiger partial charge in [0, 0.05) is 36.1 Å². The molecule has 200 valence electrons. The van der Waals surface area contributed by atoms with Crippen molar-refractivity contribution < 1.29 is 48.3 Å². The highest BCUT2D eigenvalue weighted by Crippen LogP contribution is 2.49. The second-order valence-corrected chi connectivity index (χ2v) is 8.77. The summed E-state index contributed by atoms with van der Waals surface area (Å²) in [5, 5.41) is 30.2. The Labute approximate surface area is 220 Å². The number of benzene rings is 3. The van der Waals surface area contributed by atoms with Gasteiger partial charge < -0.3 is 38.7 Å². The van der Waals surface area contributed by atoms with E-state index in [2.05, 4.69) is 0 Å². The van der Waals surface area contributed by atoms with Crippen LogP contribution in [0.1, 0.15) is 30.4 Å². The summed E-state index contributed by atoms with van der Waals surface area (Å²) in [6.45, 7) is 1.23. The molecule has 2 heterocycles. The normalized spacial score (nSPS) is 14.4. The molecule has 3 N–H and O–H groups in total. The maximum atomic E-state index is 13.2. The second-order valence-electron chi connectivity index (χ2n) is 8.77. The summed E-state index contributed by atoms with van der Waals surface area (Å²) in [5.41, 5.74) is 0.433. The van der Waals surface area contributed by atoms with E-state index in [-0.39, 0.29) is 57.5 Å². The van der Waals surface area contributed by atoms with Crippen molar-refractivity contribution in [1.29, 1.82) is 0 Å². The second kappa shape index (κ2) is 9.60. The predicted octanol–water partition coefficient (Wildman–Crippen LogP) is 3.96. The lowest BCUT2D eigenvalue weighted by Gasteiger charge is -2.27. The van der Waals surface area contributed by atoms with Crippen molar-refractivity contribution in [2.75, 3.05) is 14.2 Å². The van der Waals surface area contributed by atoms with Crippen LogP contribution in [0.4, 0.5) is 0 Å². The van der Waals surface area contributed by atoms with E-state index < -0.39 is 34.8 Å². The quantitative estimate of drug-likeness (QED) is 0.193. The van der Waals surface area contributed by atoms with E-state index in [0.717, 1.165) is 6.07 Å². The largest absolute Gasteiger partial charge is 0.507 e. The molecule has 11 heteroatoms. The van der Waals surface area contributed by atoms with E-state index in [0.29, 0.717) is 11.1 Å². The van der Waals surface area contributed by atoms with Crippen molar-refractivity contribution in [2.45, 2.75) is 19.3 Å². The topological polar surface area (TPSA) is 162 Å². The highest BCUT2D eigenvalue weighted by Gasteiger charge is 2.35. The van der Waals surface area contributed by atoms with Gasteiger partial charge in [0.2, 0.25) is 5.75 Å². The SMILES string of the molecule is COc1cc(C2CC(=O)Oc3cc(O)c4c(=O)cc(-c5ccc(O)c(O)c5)oc4c32)cc(OC)c1OC(C)=O. The van der Waals surface area contributed by atoms with Crippen molar-refractivity contribution in [3.63, 3.8) is 0 Å². The zero-order valence-corrected chi connectivity index (χ0v) is 20.9. The Kier molecular flexibility index (Phi) is 6.27. The third-order valence-electron chi connectivity index (χ3n) is 6.32. The van der Waals surface area contributed by atoms with Crippen LogP contribution >= 0.6 is 0 Å². The first-order valence-corrected chi connectivity index (χ1v) is 11.6. The van der Waals surface area contributed by atoms with E-state index >= 15 is 0 Å². The maximum Gasteiger partial charge on any atom is 0.312 e. The van der Waals surface area contributed by atoms with Gasteiger partial charge in [0.15, 0.2) is 28.4 Å². The molecule has 0 bridgehead atoms. The molecule has 0 radical (unpaired) electrons. The fourth-order valence-electron chi connectivity index (χ4n) is 4.61. The molecule has 1 aliphatic heterocycles. The summed E-state index contributed by atoms with van der Waals surface area (Å²) in [6.07, 6.45) is -0.167. The van der Waals surface area contributed by atoms with Crippen LogP contribution < -0.4 is 24.4 Å². The van der Waals surface area contributed by atoms with Crippen LogP contribution in [0.2, 0.25) is 0 Å². The van der Waals surface area contributed by atoms with Gasteiger partial charge in [-0.05, 0) is 35.9 Å². The number of ether oxygens (including phenoxy) is 4. The fraction of sp³-hybridized carbons (Fsp3) is 0.179. The lowest BCUT2D eigenvalue weighted by Crippen LogP contribution is -2.22. The summed E-state index contributed by atoms with van der Waals surface area (Å²) in [6, 6.07) is 9.33. The molecular formula is C28H22O11. The van der Waals surface area contributed by atoms with Crippen LogP contribution in [0, 0.1) is 0 Å². The van der Waals surface area contributed by atoms with E-state index in [1.54, 1.807) is 12.1 Å². The number of esters is 2. The van der Waals surface area contributed by atoms with Crippen LogP contribution in [-0.2, 0) is 9.59 Å². The van der Waals surface area contributed by atoms with Gasteiger partial charge in [-0.3, -0.25) is 14.4 Å². The third-order valence-corrected chi connectivity index (χ3v) is 6.32. The van der Waals surface area contributed by atoms with Gasteiger partial charge in [-0.2, -0.15) is 0 Å². The van der Waals surface area contributed by atoms with E-state index in [1.807, 2.05) is 0 Å². The lowest BCUT2D eigenvalue weighted by atomic mass is 9.84. The van der Waals surface area contributed by atoms with Crippen LogP contribution in [0.3, 0.4) is 0 Å². The van der Waals surface area contributed by atoms with Crippen LogP contribution in [0.25, 0.3) is 22.3 Å². The number of methoxy groups -OCH3 is 2. The average Bonchev–Trinajstić information content (AvgIpc) is 2.89. The molecule has 1 unspecified atom stereocenters. The summed E-state index contributed by atoms with van der Waals surface area (Å²) >= 11 is 0. The highest BCUT2D eigenvalue weighted by molar-refractivity contribution is 5.93. The molecule has 0 spiro atoms. The molecule has 5 rings (SSSR count). The smallest absolute Gasteiger partial charge is 0.312 e. The van der Waals surface area contributed by atoms with Crippen molar-refractivity contribution in [2.24, 2.45) is 0 Å². The van der Waals surface area contributed by atoms with Gasteiger partial charge in [-0.15, -0.1) is 0 Å². The number of phenolic OH excluding ortho intramolecular Hbond substituents is 3. The number of hydrogen-bond acceptors (Lipinski definition) is 11. The average molecular weight is 534 g/mol. The Morgan fingerprint density at radius 2 is 1.62 bits per heavy atom. The third kappa shape index (κ3) is 4.43. The summed E-state index contributed by atoms with van der Waals surface area (Å²) in [4.78, 5) is 37.4. The predicted molar refractivity (Wildman–Crippen MR) is 136 cm³/mol. The highest BCUT2D eigenvalue weighted by atomic mass is 16.6. The summed E-state index contributed by atoms with van der Waals surface area (Å²) in [5.74, 6) is -2.81. The van der Waals surface area contributed by atoms with Gasteiger partial charge in [0.05, 0.1) is 20.6 Å². The number of phenols is 3. The standard InChI is InChI=1S/C28H22O11/c1-12(29)37-27-22(35-2)7-14(8-23(27)36-3)15-9-24(34)38-21-11-19(33)26-18(32)10-20(39-28(26)25(15)21)13-4-5-16(30)17(31)6-13/h4-8,10-11,15,30-31,33H,9H2,1-3H3. The van der Waals surface area contributed by atoms with Crippen molar-refractivity contribution >= 4 is 22.9 Å². The number of carbonyl (C=O) groups excluding carboxylic acids is 2. The minimum atomic E-state index is -0.759. The molecule has 3 aromatic carbocycles. The monoisotopic (exact) mass is 534 g/mol. The fourth-order valence-corrected chi connectivity index (χ4v) is 4.61. The molecule has 0 aliphatic carbocycles. The minimum absolute atomic E-state index is 0.0166. The molecule has 1 atom stereocenters. The van der Waals surface area contributed by atoms with Gasteiger partial charge in [-0.25, -0.2) is 0 Å². The van der Waals surface area contributed by atoms with Crippen LogP contribution in [-0.4, -0.2) is 41.5 Å². The zero-order chi connectivity index (χ0) is 28.0. The Hall–Kier alpha value is -5.19. The van der Waals surface area contributed by atoms with Gasteiger partial charge in [-0.1, -0.05) is 0 Å². The van der Waals surface area contributed by atoms with Crippen LogP contribution in [0.15, 0.2) is 51.7 Å². The Balaban J connectivity index is 1.79. The molecule has 0 amide bonds. The molecule has 4 aromatic rings. The number of fused-ring (bicyclic) bond motifs is 3. The molecule has 0 saturated carbocycles. The molecule has 11 nitrogen and oxygen atoms in total. The molecular weight excluding hydrogens is 512 g/mol. The van der Waals surface area contributed by atoms with Gasteiger partial charge >= 0.3 is 11.9 Å². The first-order chi connectivity index (χ1) is 18.6. The van der Waals surface area contributed by atoms with Gasteiger partial charge in [0.25, 0.3) is 0 Å². The first kappa shape index (κ1) is 25.5. The van der Waals surface area contributed by atoms with E-state index in [4.69, 9.17) is 23.4 Å². The maximum absolute atomic E-state index is 13.2. The summed E-state index contributed by atoms with van der Waals surface area (Å²) < 4.78 is 27.6. The molecule has 1 aromatic heterocycles. The minimum Gasteiger partial charge on any atom is -0.507 e. The Morgan fingerprint density at radius 3 is 2.23 bits per heavy atom. The Morgan fingerprint density at radius 1 is 0.923 bits per heavy atom.